The minimum absolute atomic E-state index is 0.0370. The van der Waals surface area contributed by atoms with Crippen LogP contribution in [-0.4, -0.2) is 18.8 Å². The zero-order chi connectivity index (χ0) is 12.9. The Morgan fingerprint density at radius 2 is 2.00 bits per heavy atom. The van der Waals surface area contributed by atoms with Gasteiger partial charge in [0.05, 0.1) is 11.6 Å². The fourth-order valence-corrected chi connectivity index (χ4v) is 2.95. The normalized spacial score (nSPS) is 33.4. The fraction of sp³-hybridized carbons (Fsp3) is 1.00. The van der Waals surface area contributed by atoms with E-state index in [1.54, 1.807) is 0 Å². The number of ether oxygens (including phenoxy) is 1. The number of nitrogens with two attached hydrogens (primary N) is 1. The number of hydrogen-bond donors (Lipinski definition) is 2. The summed E-state index contributed by atoms with van der Waals surface area (Å²) in [5, 5.41) is 0. The number of methoxy groups -OCH3 is 1. The van der Waals surface area contributed by atoms with Crippen molar-refractivity contribution in [3.05, 3.63) is 0 Å². The van der Waals surface area contributed by atoms with Gasteiger partial charge < -0.3 is 4.74 Å². The van der Waals surface area contributed by atoms with Gasteiger partial charge in [-0.1, -0.05) is 27.2 Å². The molecule has 1 aliphatic rings. The van der Waals surface area contributed by atoms with Crippen LogP contribution in [-0.2, 0) is 4.74 Å². The quantitative estimate of drug-likeness (QED) is 0.556. The summed E-state index contributed by atoms with van der Waals surface area (Å²) in [6, 6.07) is 0.287. The van der Waals surface area contributed by atoms with E-state index in [1.807, 2.05) is 7.11 Å². The molecule has 0 aromatic heterocycles. The van der Waals surface area contributed by atoms with Crippen LogP contribution in [0.1, 0.15) is 59.3 Å². The second kappa shape index (κ2) is 6.72. The monoisotopic (exact) mass is 242 g/mol. The van der Waals surface area contributed by atoms with Crippen LogP contribution >= 0.6 is 0 Å². The van der Waals surface area contributed by atoms with Crippen molar-refractivity contribution in [1.29, 1.82) is 0 Å². The predicted octanol–water partition coefficient (Wildman–Crippen LogP) is 2.85. The molecule has 2 atom stereocenters. The van der Waals surface area contributed by atoms with Crippen LogP contribution in [0, 0.1) is 11.8 Å². The molecule has 0 saturated heterocycles. The third-order valence-electron chi connectivity index (χ3n) is 4.70. The van der Waals surface area contributed by atoms with Crippen molar-refractivity contribution in [3.8, 4) is 0 Å². The van der Waals surface area contributed by atoms with Gasteiger partial charge in [-0.05, 0) is 43.9 Å². The van der Waals surface area contributed by atoms with Crippen LogP contribution in [0.2, 0.25) is 0 Å². The molecule has 17 heavy (non-hydrogen) atoms. The Balaban J connectivity index is 2.68. The molecule has 1 aliphatic carbocycles. The van der Waals surface area contributed by atoms with Gasteiger partial charge in [0.15, 0.2) is 0 Å². The van der Waals surface area contributed by atoms with E-state index in [-0.39, 0.29) is 11.6 Å². The molecule has 0 bridgehead atoms. The Morgan fingerprint density at radius 1 is 1.41 bits per heavy atom. The first kappa shape index (κ1) is 14.9. The lowest BCUT2D eigenvalue weighted by Crippen LogP contribution is -2.56. The highest BCUT2D eigenvalue weighted by molar-refractivity contribution is 4.96. The molecular weight excluding hydrogens is 212 g/mol. The van der Waals surface area contributed by atoms with Gasteiger partial charge in [-0.25, -0.2) is 0 Å². The summed E-state index contributed by atoms with van der Waals surface area (Å²) in [4.78, 5) is 0. The highest BCUT2D eigenvalue weighted by Crippen LogP contribution is 2.38. The lowest BCUT2D eigenvalue weighted by atomic mass is 9.73. The minimum Gasteiger partial charge on any atom is -0.377 e. The van der Waals surface area contributed by atoms with Crippen LogP contribution in [0.4, 0.5) is 0 Å². The summed E-state index contributed by atoms with van der Waals surface area (Å²) < 4.78 is 5.88. The van der Waals surface area contributed by atoms with Crippen LogP contribution < -0.4 is 11.3 Å². The molecule has 3 nitrogen and oxygen atoms in total. The maximum absolute atomic E-state index is 5.88. The van der Waals surface area contributed by atoms with E-state index in [2.05, 4.69) is 26.2 Å². The molecule has 0 amide bonds. The molecule has 0 aromatic rings. The molecule has 3 N–H and O–H groups in total. The van der Waals surface area contributed by atoms with Crippen molar-refractivity contribution < 1.29 is 4.74 Å². The topological polar surface area (TPSA) is 47.3 Å². The van der Waals surface area contributed by atoms with Crippen LogP contribution in [0.5, 0.6) is 0 Å². The van der Waals surface area contributed by atoms with E-state index in [1.165, 1.54) is 19.3 Å². The third-order valence-corrected chi connectivity index (χ3v) is 4.70. The Labute approximate surface area is 106 Å². The first-order valence-electron chi connectivity index (χ1n) is 7.09. The Hall–Kier alpha value is -0.120. The van der Waals surface area contributed by atoms with Gasteiger partial charge in [0, 0.05) is 7.11 Å². The van der Waals surface area contributed by atoms with Crippen LogP contribution in [0.15, 0.2) is 0 Å². The Bertz CT molecular complexity index is 212. The summed E-state index contributed by atoms with van der Waals surface area (Å²) in [6.07, 6.45) is 7.09. The second-order valence-corrected chi connectivity index (χ2v) is 5.92. The SMILES string of the molecule is CCC(C)CC(NN)C1(OC)CCC(C)CC1. The van der Waals surface area contributed by atoms with E-state index in [9.17, 15) is 0 Å². The number of hydrogen-bond acceptors (Lipinski definition) is 3. The summed E-state index contributed by atoms with van der Waals surface area (Å²) in [5.41, 5.74) is 2.98. The highest BCUT2D eigenvalue weighted by atomic mass is 16.5. The van der Waals surface area contributed by atoms with Crippen LogP contribution in [0.3, 0.4) is 0 Å². The van der Waals surface area contributed by atoms with Gasteiger partial charge >= 0.3 is 0 Å². The highest BCUT2D eigenvalue weighted by Gasteiger charge is 2.41. The maximum Gasteiger partial charge on any atom is 0.0844 e. The van der Waals surface area contributed by atoms with Crippen molar-refractivity contribution in [3.63, 3.8) is 0 Å². The van der Waals surface area contributed by atoms with Gasteiger partial charge in [-0.2, -0.15) is 0 Å². The molecule has 0 aromatic carbocycles. The molecule has 0 heterocycles. The number of rotatable bonds is 6. The van der Waals surface area contributed by atoms with Gasteiger partial charge in [-0.15, -0.1) is 0 Å². The standard InChI is InChI=1S/C14H30N2O/c1-5-11(2)10-13(16-15)14(17-4)8-6-12(3)7-9-14/h11-13,16H,5-10,15H2,1-4H3. The largest absolute Gasteiger partial charge is 0.377 e. The summed E-state index contributed by atoms with van der Waals surface area (Å²) in [6.45, 7) is 6.86. The molecule has 3 heteroatoms. The summed E-state index contributed by atoms with van der Waals surface area (Å²) >= 11 is 0. The zero-order valence-corrected chi connectivity index (χ0v) is 12.0. The Kier molecular flexibility index (Phi) is 5.90. The first-order valence-corrected chi connectivity index (χ1v) is 7.09. The molecule has 0 spiro atoms. The average Bonchev–Trinajstić information content (AvgIpc) is 2.37. The van der Waals surface area contributed by atoms with Crippen molar-refractivity contribution in [2.75, 3.05) is 7.11 Å². The molecule has 0 radical (unpaired) electrons. The first-order chi connectivity index (χ1) is 8.07. The van der Waals surface area contributed by atoms with E-state index in [4.69, 9.17) is 10.6 Å². The Morgan fingerprint density at radius 3 is 2.41 bits per heavy atom. The van der Waals surface area contributed by atoms with Gasteiger partial charge in [0.1, 0.15) is 0 Å². The lowest BCUT2D eigenvalue weighted by molar-refractivity contribution is -0.0793. The van der Waals surface area contributed by atoms with E-state index < -0.39 is 0 Å². The van der Waals surface area contributed by atoms with Crippen molar-refractivity contribution >= 4 is 0 Å². The van der Waals surface area contributed by atoms with Crippen molar-refractivity contribution in [2.24, 2.45) is 17.7 Å². The van der Waals surface area contributed by atoms with E-state index in [0.29, 0.717) is 5.92 Å². The molecule has 1 rings (SSSR count). The smallest absolute Gasteiger partial charge is 0.0844 e. The number of hydrazine groups is 1. The fourth-order valence-electron chi connectivity index (χ4n) is 2.95. The average molecular weight is 242 g/mol. The molecular formula is C14H30N2O. The summed E-state index contributed by atoms with van der Waals surface area (Å²) in [5.74, 6) is 7.30. The maximum atomic E-state index is 5.88. The van der Waals surface area contributed by atoms with Gasteiger partial charge in [0.2, 0.25) is 0 Å². The predicted molar refractivity (Wildman–Crippen MR) is 72.6 cm³/mol. The van der Waals surface area contributed by atoms with E-state index in [0.717, 1.165) is 25.2 Å². The van der Waals surface area contributed by atoms with Gasteiger partial charge in [0.25, 0.3) is 0 Å². The van der Waals surface area contributed by atoms with Crippen LogP contribution in [0.25, 0.3) is 0 Å². The molecule has 102 valence electrons. The summed E-state index contributed by atoms with van der Waals surface area (Å²) in [7, 11) is 1.84. The molecule has 1 fully saturated rings. The zero-order valence-electron chi connectivity index (χ0n) is 12.0. The third kappa shape index (κ3) is 3.67. The lowest BCUT2D eigenvalue weighted by Gasteiger charge is -2.44. The molecule has 0 aliphatic heterocycles. The van der Waals surface area contributed by atoms with E-state index >= 15 is 0 Å². The molecule has 1 saturated carbocycles. The van der Waals surface area contributed by atoms with Gasteiger partial charge in [-0.3, -0.25) is 11.3 Å². The number of nitrogens with one attached hydrogen (secondary N) is 1. The van der Waals surface area contributed by atoms with Crippen molar-refractivity contribution in [1.82, 2.24) is 5.43 Å². The minimum atomic E-state index is -0.0370. The molecule has 2 unspecified atom stereocenters. The second-order valence-electron chi connectivity index (χ2n) is 5.92. The van der Waals surface area contributed by atoms with Crippen molar-refractivity contribution in [2.45, 2.75) is 70.9 Å².